The van der Waals surface area contributed by atoms with Crippen LogP contribution in [0.4, 0.5) is 0 Å². The molecule has 3 heterocycles. The highest BCUT2D eigenvalue weighted by molar-refractivity contribution is 5.98. The monoisotopic (exact) mass is 460 g/mol. The van der Waals surface area contributed by atoms with Crippen molar-refractivity contribution >= 4 is 11.8 Å². The second-order valence-corrected chi connectivity index (χ2v) is 9.42. The molecule has 0 aliphatic carbocycles. The molecule has 0 radical (unpaired) electrons. The quantitative estimate of drug-likeness (QED) is 0.710. The molecule has 0 unspecified atom stereocenters. The van der Waals surface area contributed by atoms with E-state index in [4.69, 9.17) is 9.47 Å². The number of rotatable bonds is 4. The number of aliphatic hydroxyl groups excluding tert-OH is 1. The molecule has 0 aromatic heterocycles. The number of fused-ring (bicyclic) bond motifs is 2. The van der Waals surface area contributed by atoms with E-state index in [2.05, 4.69) is 25.7 Å². The fourth-order valence-electron chi connectivity index (χ4n) is 5.01. The van der Waals surface area contributed by atoms with Crippen LogP contribution in [0.1, 0.15) is 47.7 Å². The molecule has 2 saturated heterocycles. The molecular formula is C27H28N2O5. The van der Waals surface area contributed by atoms with Crippen LogP contribution in [-0.2, 0) is 4.79 Å². The van der Waals surface area contributed by atoms with Crippen molar-refractivity contribution in [1.82, 2.24) is 9.80 Å². The second-order valence-electron chi connectivity index (χ2n) is 9.42. The zero-order valence-corrected chi connectivity index (χ0v) is 19.4. The Morgan fingerprint density at radius 1 is 1.15 bits per heavy atom. The van der Waals surface area contributed by atoms with Crippen LogP contribution in [-0.4, -0.2) is 65.3 Å². The van der Waals surface area contributed by atoms with Gasteiger partial charge in [-0.25, -0.2) is 0 Å². The summed E-state index contributed by atoms with van der Waals surface area (Å²) < 4.78 is 10.7. The SMILES string of the molecule is CC(C)CC#Cc1ccc([C@H]2[C@H]3CN(C(=O)c4ccc5c(c4)OCO5)CC(=O)N3[C@H]2CO)cc1. The Labute approximate surface area is 199 Å². The van der Waals surface area contributed by atoms with E-state index >= 15 is 0 Å². The summed E-state index contributed by atoms with van der Waals surface area (Å²) in [7, 11) is 0. The van der Waals surface area contributed by atoms with Gasteiger partial charge in [0.25, 0.3) is 5.91 Å². The number of aliphatic hydroxyl groups is 1. The molecule has 3 atom stereocenters. The van der Waals surface area contributed by atoms with E-state index in [9.17, 15) is 14.7 Å². The summed E-state index contributed by atoms with van der Waals surface area (Å²) in [6, 6.07) is 12.6. The highest BCUT2D eigenvalue weighted by atomic mass is 16.7. The summed E-state index contributed by atoms with van der Waals surface area (Å²) in [6.07, 6.45) is 0.851. The summed E-state index contributed by atoms with van der Waals surface area (Å²) in [4.78, 5) is 29.5. The molecule has 34 heavy (non-hydrogen) atoms. The molecule has 2 aromatic rings. The number of hydrogen-bond donors (Lipinski definition) is 1. The Kier molecular flexibility index (Phi) is 5.93. The maximum atomic E-state index is 13.2. The van der Waals surface area contributed by atoms with Crippen LogP contribution in [0.15, 0.2) is 42.5 Å². The zero-order valence-electron chi connectivity index (χ0n) is 19.4. The molecule has 2 aromatic carbocycles. The van der Waals surface area contributed by atoms with Crippen molar-refractivity contribution in [3.05, 3.63) is 59.2 Å². The minimum atomic E-state index is -0.279. The molecule has 1 N–H and O–H groups in total. The Hall–Kier alpha value is -3.50. The van der Waals surface area contributed by atoms with Crippen molar-refractivity contribution in [2.45, 2.75) is 38.3 Å². The van der Waals surface area contributed by atoms with E-state index in [0.717, 1.165) is 17.5 Å². The third-order valence-corrected chi connectivity index (χ3v) is 6.70. The molecular weight excluding hydrogens is 432 g/mol. The Balaban J connectivity index is 1.34. The van der Waals surface area contributed by atoms with Crippen molar-refractivity contribution < 1.29 is 24.2 Å². The molecule has 5 rings (SSSR count). The number of benzene rings is 2. The van der Waals surface area contributed by atoms with Crippen LogP contribution in [0.3, 0.4) is 0 Å². The molecule has 3 aliphatic rings. The van der Waals surface area contributed by atoms with Gasteiger partial charge in [-0.15, -0.1) is 0 Å². The fourth-order valence-corrected chi connectivity index (χ4v) is 5.01. The number of hydrogen-bond acceptors (Lipinski definition) is 5. The van der Waals surface area contributed by atoms with Gasteiger partial charge in [0.15, 0.2) is 11.5 Å². The molecule has 0 spiro atoms. The molecule has 2 fully saturated rings. The first-order valence-electron chi connectivity index (χ1n) is 11.7. The smallest absolute Gasteiger partial charge is 0.254 e. The highest BCUT2D eigenvalue weighted by Crippen LogP contribution is 2.43. The van der Waals surface area contributed by atoms with E-state index in [1.807, 2.05) is 24.3 Å². The first-order chi connectivity index (χ1) is 16.5. The number of nitrogens with zero attached hydrogens (tertiary/aromatic N) is 2. The van der Waals surface area contributed by atoms with Crippen molar-refractivity contribution in [3.63, 3.8) is 0 Å². The minimum Gasteiger partial charge on any atom is -0.454 e. The predicted octanol–water partition coefficient (Wildman–Crippen LogP) is 2.62. The second kappa shape index (κ2) is 9.03. The van der Waals surface area contributed by atoms with E-state index in [1.165, 1.54) is 0 Å². The zero-order chi connectivity index (χ0) is 23.8. The number of ether oxygens (including phenoxy) is 2. The van der Waals surface area contributed by atoms with Gasteiger partial charge >= 0.3 is 0 Å². The summed E-state index contributed by atoms with van der Waals surface area (Å²) in [5, 5.41) is 10.0. The van der Waals surface area contributed by atoms with Crippen LogP contribution in [0, 0.1) is 17.8 Å². The number of carbonyl (C=O) groups is 2. The predicted molar refractivity (Wildman–Crippen MR) is 125 cm³/mol. The summed E-state index contributed by atoms with van der Waals surface area (Å²) in [5.74, 6) is 7.66. The van der Waals surface area contributed by atoms with Crippen molar-refractivity contribution in [3.8, 4) is 23.3 Å². The first-order valence-corrected chi connectivity index (χ1v) is 11.7. The highest BCUT2D eigenvalue weighted by Gasteiger charge is 2.54. The molecule has 7 nitrogen and oxygen atoms in total. The summed E-state index contributed by atoms with van der Waals surface area (Å²) in [6.45, 7) is 4.72. The molecule has 176 valence electrons. The lowest BCUT2D eigenvalue weighted by Gasteiger charge is -2.58. The lowest BCUT2D eigenvalue weighted by atomic mass is 9.73. The maximum absolute atomic E-state index is 13.2. The molecule has 3 aliphatic heterocycles. The average molecular weight is 461 g/mol. The first kappa shape index (κ1) is 22.3. The van der Waals surface area contributed by atoms with Crippen LogP contribution in [0.5, 0.6) is 11.5 Å². The van der Waals surface area contributed by atoms with Crippen LogP contribution in [0.25, 0.3) is 0 Å². The lowest BCUT2D eigenvalue weighted by Crippen LogP contribution is -2.73. The van der Waals surface area contributed by atoms with Gasteiger partial charge in [0.1, 0.15) is 6.54 Å². The maximum Gasteiger partial charge on any atom is 0.254 e. The third kappa shape index (κ3) is 3.99. The molecule has 0 bridgehead atoms. The molecule has 7 heteroatoms. The van der Waals surface area contributed by atoms with Gasteiger partial charge in [-0.1, -0.05) is 37.8 Å². The van der Waals surface area contributed by atoms with E-state index in [-0.39, 0.29) is 49.8 Å². The Morgan fingerprint density at radius 2 is 1.91 bits per heavy atom. The average Bonchev–Trinajstić information content (AvgIpc) is 3.28. The Bertz CT molecular complexity index is 1160. The van der Waals surface area contributed by atoms with Crippen LogP contribution >= 0.6 is 0 Å². The fraction of sp³-hybridized carbons (Fsp3) is 0.407. The topological polar surface area (TPSA) is 79.3 Å². The van der Waals surface area contributed by atoms with Gasteiger partial charge in [0.2, 0.25) is 12.7 Å². The van der Waals surface area contributed by atoms with E-state index < -0.39 is 0 Å². The molecule has 2 amide bonds. The van der Waals surface area contributed by atoms with Gasteiger partial charge in [0, 0.05) is 30.0 Å². The van der Waals surface area contributed by atoms with E-state index in [0.29, 0.717) is 29.5 Å². The van der Waals surface area contributed by atoms with E-state index in [1.54, 1.807) is 28.0 Å². The minimum absolute atomic E-state index is 0.00261. The Morgan fingerprint density at radius 3 is 2.65 bits per heavy atom. The van der Waals surface area contributed by atoms with Gasteiger partial charge in [-0.05, 0) is 41.8 Å². The van der Waals surface area contributed by atoms with Gasteiger partial charge in [-0.2, -0.15) is 0 Å². The number of carbonyl (C=O) groups excluding carboxylic acids is 2. The van der Waals surface area contributed by atoms with Gasteiger partial charge < -0.3 is 24.4 Å². The number of amides is 2. The largest absolute Gasteiger partial charge is 0.454 e. The van der Waals surface area contributed by atoms with Gasteiger partial charge in [-0.3, -0.25) is 9.59 Å². The third-order valence-electron chi connectivity index (χ3n) is 6.70. The summed E-state index contributed by atoms with van der Waals surface area (Å²) >= 11 is 0. The standard InChI is InChI=1S/C27H28N2O5/c1-17(2)4-3-5-18-6-8-19(9-7-18)26-21-13-28(14-25(31)29(21)22(26)15-30)27(32)20-10-11-23-24(12-20)34-16-33-23/h6-12,17,21-22,26,30H,4,13-16H2,1-2H3/t21-,22+,26+/m1/s1. The lowest BCUT2D eigenvalue weighted by molar-refractivity contribution is -0.159. The van der Waals surface area contributed by atoms with Crippen LogP contribution in [0.2, 0.25) is 0 Å². The van der Waals surface area contributed by atoms with Crippen molar-refractivity contribution in [2.24, 2.45) is 5.92 Å². The van der Waals surface area contributed by atoms with Crippen molar-refractivity contribution in [1.29, 1.82) is 0 Å². The normalized spacial score (nSPS) is 22.7. The molecule has 0 saturated carbocycles. The summed E-state index contributed by atoms with van der Waals surface area (Å²) in [5.41, 5.74) is 2.45. The number of piperazine rings is 1. The van der Waals surface area contributed by atoms with Gasteiger partial charge in [0.05, 0.1) is 18.7 Å². The van der Waals surface area contributed by atoms with Crippen molar-refractivity contribution in [2.75, 3.05) is 26.5 Å². The van der Waals surface area contributed by atoms with Crippen LogP contribution < -0.4 is 9.47 Å².